The number of aromatic nitrogens is 1. The van der Waals surface area contributed by atoms with Gasteiger partial charge in [-0.3, -0.25) is 10.1 Å². The van der Waals surface area contributed by atoms with Crippen molar-refractivity contribution < 1.29 is 10.0 Å². The van der Waals surface area contributed by atoms with Crippen molar-refractivity contribution in [3.05, 3.63) is 46.5 Å². The average Bonchev–Trinajstić information content (AvgIpc) is 3.02. The highest BCUT2D eigenvalue weighted by atomic mass is 32.1. The van der Waals surface area contributed by atoms with Crippen LogP contribution in [0.3, 0.4) is 0 Å². The molecule has 0 saturated heterocycles. The summed E-state index contributed by atoms with van der Waals surface area (Å²) in [7, 11) is 0. The number of nitro benzene ring substituents is 1. The Morgan fingerprint density at radius 1 is 1.11 bits per heavy atom. The molecular weight excluding hydrogens is 378 g/mol. The first-order valence-corrected chi connectivity index (χ1v) is 9.66. The van der Waals surface area contributed by atoms with Crippen LogP contribution in [0.1, 0.15) is 27.7 Å². The Bertz CT molecular complexity index is 1040. The minimum Gasteiger partial charge on any atom is -0.506 e. The molecule has 3 rings (SSSR count). The maximum Gasteiger partial charge on any atom is 0.270 e. The zero-order valence-electron chi connectivity index (χ0n) is 16.0. The second-order valence-corrected chi connectivity index (χ2v) is 7.88. The summed E-state index contributed by atoms with van der Waals surface area (Å²) in [6, 6.07) is 10.3. The molecular formula is C19H21N5O3S. The molecule has 0 radical (unpaired) electrons. The monoisotopic (exact) mass is 399 g/mol. The van der Waals surface area contributed by atoms with Crippen LogP contribution < -0.4 is 4.90 Å². The number of aromatic hydroxyl groups is 1. The molecule has 0 aliphatic heterocycles. The lowest BCUT2D eigenvalue weighted by Crippen LogP contribution is -2.36. The van der Waals surface area contributed by atoms with Crippen LogP contribution >= 0.6 is 11.3 Å². The van der Waals surface area contributed by atoms with E-state index in [1.807, 2.05) is 6.07 Å². The number of non-ortho nitro benzene ring substituents is 1. The fraction of sp³-hybridized carbons (Fsp3) is 0.316. The Morgan fingerprint density at radius 3 is 2.43 bits per heavy atom. The van der Waals surface area contributed by atoms with Crippen molar-refractivity contribution in [3.63, 3.8) is 0 Å². The van der Waals surface area contributed by atoms with Gasteiger partial charge in [0.2, 0.25) is 5.13 Å². The summed E-state index contributed by atoms with van der Waals surface area (Å²) in [5, 5.41) is 29.8. The highest BCUT2D eigenvalue weighted by molar-refractivity contribution is 7.21. The molecule has 1 N–H and O–H groups in total. The molecule has 2 aromatic carbocycles. The van der Waals surface area contributed by atoms with Crippen molar-refractivity contribution >= 4 is 43.7 Å². The van der Waals surface area contributed by atoms with Crippen LogP contribution in [-0.4, -0.2) is 27.1 Å². The summed E-state index contributed by atoms with van der Waals surface area (Å²) < 4.78 is 0.659. The number of hydrogen-bond donors (Lipinski definition) is 1. The fourth-order valence-corrected chi connectivity index (χ4v) is 3.92. The number of fused-ring (bicyclic) bond motifs is 1. The van der Waals surface area contributed by atoms with E-state index in [-0.39, 0.29) is 11.4 Å². The Balaban J connectivity index is 1.86. The maximum absolute atomic E-state index is 10.9. The topological polar surface area (TPSA) is 104 Å². The lowest BCUT2D eigenvalue weighted by Gasteiger charge is -2.33. The third-order valence-corrected chi connectivity index (χ3v) is 5.09. The first kappa shape index (κ1) is 19.7. The van der Waals surface area contributed by atoms with Crippen molar-refractivity contribution in [1.29, 1.82) is 0 Å². The number of anilines is 1. The summed E-state index contributed by atoms with van der Waals surface area (Å²) in [6.45, 7) is 8.40. The van der Waals surface area contributed by atoms with Gasteiger partial charge in [0.15, 0.2) is 0 Å². The van der Waals surface area contributed by atoms with Gasteiger partial charge in [-0.15, -0.1) is 10.2 Å². The van der Waals surface area contributed by atoms with E-state index in [0.717, 1.165) is 5.69 Å². The van der Waals surface area contributed by atoms with E-state index >= 15 is 0 Å². The number of nitrogens with zero attached hydrogens (tertiary/aromatic N) is 5. The summed E-state index contributed by atoms with van der Waals surface area (Å²) in [6.07, 6.45) is 0. The molecule has 28 heavy (non-hydrogen) atoms. The van der Waals surface area contributed by atoms with Gasteiger partial charge in [-0.25, -0.2) is 4.98 Å². The van der Waals surface area contributed by atoms with Crippen molar-refractivity contribution in [2.75, 3.05) is 4.90 Å². The van der Waals surface area contributed by atoms with E-state index in [4.69, 9.17) is 0 Å². The number of rotatable bonds is 6. The van der Waals surface area contributed by atoms with Gasteiger partial charge in [0, 0.05) is 36.0 Å². The molecule has 0 fully saturated rings. The van der Waals surface area contributed by atoms with Gasteiger partial charge in [-0.1, -0.05) is 11.3 Å². The molecule has 0 aliphatic rings. The van der Waals surface area contributed by atoms with E-state index in [1.165, 1.54) is 23.5 Å². The van der Waals surface area contributed by atoms with Gasteiger partial charge >= 0.3 is 0 Å². The first-order chi connectivity index (χ1) is 13.3. The third-order valence-electron chi connectivity index (χ3n) is 4.18. The Labute approximate surface area is 166 Å². The van der Waals surface area contributed by atoms with Gasteiger partial charge in [0.1, 0.15) is 11.4 Å². The van der Waals surface area contributed by atoms with Crippen LogP contribution in [0.25, 0.3) is 10.2 Å². The van der Waals surface area contributed by atoms with Gasteiger partial charge < -0.3 is 10.0 Å². The average molecular weight is 399 g/mol. The molecule has 0 aliphatic carbocycles. The molecule has 3 aromatic rings. The Hall–Kier alpha value is -3.07. The van der Waals surface area contributed by atoms with Crippen LogP contribution in [0.15, 0.2) is 46.6 Å². The number of nitro groups is 1. The minimum atomic E-state index is -0.447. The lowest BCUT2D eigenvalue weighted by molar-refractivity contribution is -0.384. The lowest BCUT2D eigenvalue weighted by atomic mass is 10.1. The summed E-state index contributed by atoms with van der Waals surface area (Å²) in [4.78, 5) is 16.9. The standard InChI is InChI=1S/C19H21N5O3S/c1-11(2)23(12(3)4)13-5-7-15(17(25)9-13)21-22-19-20-16-8-6-14(24(26)27)10-18(16)28-19/h5-12,25H,1-4H3. The molecule has 0 unspecified atom stereocenters. The van der Waals surface area contributed by atoms with E-state index in [9.17, 15) is 15.2 Å². The molecule has 1 aromatic heterocycles. The predicted octanol–water partition coefficient (Wildman–Crippen LogP) is 5.95. The number of hydrogen-bond acceptors (Lipinski definition) is 8. The van der Waals surface area contributed by atoms with Gasteiger partial charge in [0.25, 0.3) is 5.69 Å². The SMILES string of the molecule is CC(C)N(c1ccc(N=Nc2nc3ccc([N+](=O)[O-])cc3s2)c(O)c1)C(C)C. The number of benzene rings is 2. The summed E-state index contributed by atoms with van der Waals surface area (Å²) in [5.41, 5.74) is 1.87. The third kappa shape index (κ3) is 4.09. The fourth-order valence-electron chi connectivity index (χ4n) is 3.10. The second kappa shape index (κ2) is 7.89. The van der Waals surface area contributed by atoms with Crippen LogP contribution in [0, 0.1) is 10.1 Å². The molecule has 0 saturated carbocycles. The minimum absolute atomic E-state index is 0.00716. The summed E-state index contributed by atoms with van der Waals surface area (Å²) >= 11 is 1.20. The number of azo groups is 1. The smallest absolute Gasteiger partial charge is 0.270 e. The molecule has 1 heterocycles. The Morgan fingerprint density at radius 2 is 1.82 bits per heavy atom. The van der Waals surface area contributed by atoms with E-state index in [1.54, 1.807) is 18.2 Å². The molecule has 0 spiro atoms. The molecule has 0 amide bonds. The molecule has 146 valence electrons. The highest BCUT2D eigenvalue weighted by Gasteiger charge is 2.16. The zero-order chi connectivity index (χ0) is 20.4. The maximum atomic E-state index is 10.9. The largest absolute Gasteiger partial charge is 0.506 e. The number of phenols is 1. The highest BCUT2D eigenvalue weighted by Crippen LogP contribution is 2.35. The molecule has 8 nitrogen and oxygen atoms in total. The van der Waals surface area contributed by atoms with Crippen molar-refractivity contribution in [1.82, 2.24) is 4.98 Å². The van der Waals surface area contributed by atoms with Crippen molar-refractivity contribution in [3.8, 4) is 5.75 Å². The van der Waals surface area contributed by atoms with Crippen LogP contribution in [0.4, 0.5) is 22.2 Å². The Kier molecular flexibility index (Phi) is 5.55. The van der Waals surface area contributed by atoms with Gasteiger partial charge in [-0.05, 0) is 45.9 Å². The predicted molar refractivity (Wildman–Crippen MR) is 111 cm³/mol. The van der Waals surface area contributed by atoms with E-state index in [0.29, 0.717) is 33.1 Å². The zero-order valence-corrected chi connectivity index (χ0v) is 16.8. The normalized spacial score (nSPS) is 11.8. The van der Waals surface area contributed by atoms with Crippen molar-refractivity contribution in [2.45, 2.75) is 39.8 Å². The summed E-state index contributed by atoms with van der Waals surface area (Å²) in [5.74, 6) is 0.0318. The van der Waals surface area contributed by atoms with Crippen LogP contribution in [0.2, 0.25) is 0 Å². The number of phenolic OH excluding ortho intramolecular Hbond substituents is 1. The van der Waals surface area contributed by atoms with Gasteiger partial charge in [0.05, 0.1) is 15.1 Å². The van der Waals surface area contributed by atoms with Crippen LogP contribution in [0.5, 0.6) is 5.75 Å². The second-order valence-electron chi connectivity index (χ2n) is 6.87. The first-order valence-electron chi connectivity index (χ1n) is 8.84. The number of thiazole rings is 1. The molecule has 0 bridgehead atoms. The van der Waals surface area contributed by atoms with Crippen LogP contribution in [-0.2, 0) is 0 Å². The van der Waals surface area contributed by atoms with Gasteiger partial charge in [-0.2, -0.15) is 0 Å². The van der Waals surface area contributed by atoms with Crippen molar-refractivity contribution in [2.24, 2.45) is 10.2 Å². The van der Waals surface area contributed by atoms with E-state index < -0.39 is 4.92 Å². The quantitative estimate of drug-likeness (QED) is 0.313. The molecule has 9 heteroatoms. The molecule has 0 atom stereocenters. The van der Waals surface area contributed by atoms with E-state index in [2.05, 4.69) is 47.8 Å².